The number of benzene rings is 2. The summed E-state index contributed by atoms with van der Waals surface area (Å²) in [5.41, 5.74) is 7.68. The normalized spacial score (nSPS) is 13.6. The highest BCUT2D eigenvalue weighted by atomic mass is 16.6. The van der Waals surface area contributed by atoms with Gasteiger partial charge in [-0.05, 0) is 23.6 Å². The number of carbonyl (C=O) groups excluding carboxylic acids is 2. The van der Waals surface area contributed by atoms with Gasteiger partial charge in [-0.25, -0.2) is 4.79 Å². The molecule has 144 valence electrons. The number of hydrogen-bond acceptors (Lipinski definition) is 6. The number of nitrogen functional groups attached to an aromatic ring is 1. The number of nitrogens with two attached hydrogens (primary N) is 1. The van der Waals surface area contributed by atoms with Crippen LogP contribution in [0.1, 0.15) is 22.3 Å². The molecule has 0 unspecified atom stereocenters. The SMILES string of the molecule is Nc1cc([N+](=O)[O-])ccc1C(=O)OCC(=O)N1CC=C(c2ccccc2)CC1. The third-order valence-corrected chi connectivity index (χ3v) is 4.50. The van der Waals surface area contributed by atoms with Gasteiger partial charge in [-0.1, -0.05) is 36.4 Å². The van der Waals surface area contributed by atoms with Crippen molar-refractivity contribution in [2.24, 2.45) is 0 Å². The van der Waals surface area contributed by atoms with Gasteiger partial charge in [0, 0.05) is 25.2 Å². The average molecular weight is 381 g/mol. The van der Waals surface area contributed by atoms with Gasteiger partial charge in [-0.2, -0.15) is 0 Å². The lowest BCUT2D eigenvalue weighted by atomic mass is 10.00. The standard InChI is InChI=1S/C20H19N3O5/c21-18-12-16(23(26)27)6-7-17(18)20(25)28-13-19(24)22-10-8-15(9-11-22)14-4-2-1-3-5-14/h1-8,12H,9-11,13,21H2. The van der Waals surface area contributed by atoms with Crippen molar-refractivity contribution in [2.45, 2.75) is 6.42 Å². The lowest BCUT2D eigenvalue weighted by molar-refractivity contribution is -0.384. The molecule has 8 nitrogen and oxygen atoms in total. The molecule has 0 aromatic heterocycles. The van der Waals surface area contributed by atoms with E-state index in [2.05, 4.69) is 0 Å². The summed E-state index contributed by atoms with van der Waals surface area (Å²) >= 11 is 0. The number of ether oxygens (including phenoxy) is 1. The first-order valence-electron chi connectivity index (χ1n) is 8.69. The topological polar surface area (TPSA) is 116 Å². The molecule has 8 heteroatoms. The van der Waals surface area contributed by atoms with Crippen molar-refractivity contribution in [1.82, 2.24) is 4.90 Å². The number of rotatable bonds is 5. The quantitative estimate of drug-likeness (QED) is 0.368. The Morgan fingerprint density at radius 3 is 2.54 bits per heavy atom. The van der Waals surface area contributed by atoms with E-state index in [4.69, 9.17) is 10.5 Å². The van der Waals surface area contributed by atoms with Crippen molar-refractivity contribution in [3.8, 4) is 0 Å². The fourth-order valence-electron chi connectivity index (χ4n) is 2.96. The van der Waals surface area contributed by atoms with Crippen LogP contribution in [0.25, 0.3) is 5.57 Å². The van der Waals surface area contributed by atoms with Crippen LogP contribution in [0.3, 0.4) is 0 Å². The lowest BCUT2D eigenvalue weighted by Gasteiger charge is -2.26. The van der Waals surface area contributed by atoms with Gasteiger partial charge in [-0.3, -0.25) is 14.9 Å². The van der Waals surface area contributed by atoms with Crippen molar-refractivity contribution in [2.75, 3.05) is 25.4 Å². The summed E-state index contributed by atoms with van der Waals surface area (Å²) < 4.78 is 5.04. The molecule has 0 radical (unpaired) electrons. The molecule has 1 amide bonds. The highest BCUT2D eigenvalue weighted by Gasteiger charge is 2.21. The second kappa shape index (κ2) is 8.34. The van der Waals surface area contributed by atoms with E-state index >= 15 is 0 Å². The van der Waals surface area contributed by atoms with Gasteiger partial charge in [-0.15, -0.1) is 0 Å². The van der Waals surface area contributed by atoms with Crippen molar-refractivity contribution in [3.63, 3.8) is 0 Å². The van der Waals surface area contributed by atoms with Gasteiger partial charge >= 0.3 is 5.97 Å². The summed E-state index contributed by atoms with van der Waals surface area (Å²) in [6.07, 6.45) is 2.71. The summed E-state index contributed by atoms with van der Waals surface area (Å²) in [6, 6.07) is 13.4. The van der Waals surface area contributed by atoms with Crippen LogP contribution in [0.15, 0.2) is 54.6 Å². The highest BCUT2D eigenvalue weighted by molar-refractivity contribution is 5.96. The summed E-state index contributed by atoms with van der Waals surface area (Å²) in [4.78, 5) is 36.1. The van der Waals surface area contributed by atoms with Crippen LogP contribution in [-0.2, 0) is 9.53 Å². The molecule has 0 bridgehead atoms. The fraction of sp³-hybridized carbons (Fsp3) is 0.200. The molecule has 0 saturated heterocycles. The average Bonchev–Trinajstić information content (AvgIpc) is 2.72. The van der Waals surface area contributed by atoms with Crippen LogP contribution in [0.2, 0.25) is 0 Å². The van der Waals surface area contributed by atoms with E-state index in [9.17, 15) is 19.7 Å². The minimum atomic E-state index is -0.793. The smallest absolute Gasteiger partial charge is 0.340 e. The molecular formula is C20H19N3O5. The Kier molecular flexibility index (Phi) is 5.69. The van der Waals surface area contributed by atoms with Crippen LogP contribution in [0.5, 0.6) is 0 Å². The molecule has 2 aromatic carbocycles. The van der Waals surface area contributed by atoms with Crippen LogP contribution >= 0.6 is 0 Å². The van der Waals surface area contributed by atoms with E-state index in [1.165, 1.54) is 11.6 Å². The molecule has 0 atom stereocenters. The summed E-state index contributed by atoms with van der Waals surface area (Å²) in [6.45, 7) is 0.570. The Bertz CT molecular complexity index is 940. The first kappa shape index (κ1) is 19.1. The van der Waals surface area contributed by atoms with E-state index in [-0.39, 0.29) is 22.8 Å². The zero-order valence-corrected chi connectivity index (χ0v) is 15.0. The molecule has 0 spiro atoms. The number of carbonyl (C=O) groups is 2. The maximum Gasteiger partial charge on any atom is 0.340 e. The van der Waals surface area contributed by atoms with E-state index in [0.29, 0.717) is 13.1 Å². The summed E-state index contributed by atoms with van der Waals surface area (Å²) in [7, 11) is 0. The monoisotopic (exact) mass is 381 g/mol. The minimum Gasteiger partial charge on any atom is -0.452 e. The van der Waals surface area contributed by atoms with E-state index < -0.39 is 17.5 Å². The number of non-ortho nitro benzene ring substituents is 1. The largest absolute Gasteiger partial charge is 0.452 e. The molecule has 2 N–H and O–H groups in total. The zero-order chi connectivity index (χ0) is 20.1. The number of hydrogen-bond donors (Lipinski definition) is 1. The Morgan fingerprint density at radius 1 is 1.18 bits per heavy atom. The molecule has 28 heavy (non-hydrogen) atoms. The first-order valence-corrected chi connectivity index (χ1v) is 8.69. The van der Waals surface area contributed by atoms with Crippen molar-refractivity contribution < 1.29 is 19.2 Å². The molecule has 0 fully saturated rings. The van der Waals surface area contributed by atoms with E-state index in [0.717, 1.165) is 24.1 Å². The van der Waals surface area contributed by atoms with Crippen molar-refractivity contribution in [3.05, 3.63) is 75.8 Å². The molecule has 2 aromatic rings. The first-order chi connectivity index (χ1) is 13.5. The molecule has 1 aliphatic rings. The number of nitro benzene ring substituents is 1. The van der Waals surface area contributed by atoms with Gasteiger partial charge in [0.05, 0.1) is 16.2 Å². The Hall–Kier alpha value is -3.68. The Balaban J connectivity index is 1.55. The molecule has 3 rings (SSSR count). The third kappa shape index (κ3) is 4.35. The predicted molar refractivity (Wildman–Crippen MR) is 103 cm³/mol. The maximum atomic E-state index is 12.3. The van der Waals surface area contributed by atoms with Gasteiger partial charge in [0.1, 0.15) is 0 Å². The fourth-order valence-corrected chi connectivity index (χ4v) is 2.96. The van der Waals surface area contributed by atoms with Crippen LogP contribution in [0.4, 0.5) is 11.4 Å². The van der Waals surface area contributed by atoms with Crippen LogP contribution in [0, 0.1) is 10.1 Å². The number of amides is 1. The molecule has 1 heterocycles. The van der Waals surface area contributed by atoms with Crippen LogP contribution < -0.4 is 5.73 Å². The van der Waals surface area contributed by atoms with Crippen molar-refractivity contribution in [1.29, 1.82) is 0 Å². The summed E-state index contributed by atoms with van der Waals surface area (Å²) in [5.74, 6) is -1.10. The predicted octanol–water partition coefficient (Wildman–Crippen LogP) is 2.65. The second-order valence-electron chi connectivity index (χ2n) is 6.29. The second-order valence-corrected chi connectivity index (χ2v) is 6.29. The number of anilines is 1. The highest BCUT2D eigenvalue weighted by Crippen LogP contribution is 2.23. The molecule has 0 saturated carbocycles. The maximum absolute atomic E-state index is 12.3. The molecule has 0 aliphatic carbocycles. The lowest BCUT2D eigenvalue weighted by Crippen LogP contribution is -2.37. The van der Waals surface area contributed by atoms with Gasteiger partial charge < -0.3 is 15.4 Å². The van der Waals surface area contributed by atoms with Crippen molar-refractivity contribution >= 4 is 28.8 Å². The minimum absolute atomic E-state index is 0.0108. The van der Waals surface area contributed by atoms with E-state index in [1.807, 2.05) is 36.4 Å². The van der Waals surface area contributed by atoms with Gasteiger partial charge in [0.15, 0.2) is 6.61 Å². The van der Waals surface area contributed by atoms with Gasteiger partial charge in [0.25, 0.3) is 11.6 Å². The summed E-state index contributed by atoms with van der Waals surface area (Å²) in [5, 5.41) is 10.7. The zero-order valence-electron chi connectivity index (χ0n) is 15.0. The number of esters is 1. The third-order valence-electron chi connectivity index (χ3n) is 4.50. The molecule has 1 aliphatic heterocycles. The Labute approximate surface area is 161 Å². The van der Waals surface area contributed by atoms with Gasteiger partial charge in [0.2, 0.25) is 0 Å². The van der Waals surface area contributed by atoms with E-state index in [1.54, 1.807) is 4.90 Å². The Morgan fingerprint density at radius 2 is 1.93 bits per heavy atom. The number of nitrogens with zero attached hydrogens (tertiary/aromatic N) is 2. The number of nitro groups is 1. The molecular weight excluding hydrogens is 362 g/mol. The van der Waals surface area contributed by atoms with Crippen LogP contribution in [-0.4, -0.2) is 41.4 Å².